The lowest BCUT2D eigenvalue weighted by atomic mass is 10.2. The first-order valence-electron chi connectivity index (χ1n) is 5.74. The second-order valence-electron chi connectivity index (χ2n) is 3.87. The number of thioether (sulfide) groups is 1. The minimum Gasteiger partial charge on any atom is -0.299 e. The number of aromatic nitrogens is 2. The number of benzene rings is 1. The Labute approximate surface area is 129 Å². The number of hydrogen-bond acceptors (Lipinski definition) is 3. The summed E-state index contributed by atoms with van der Waals surface area (Å²) in [6.07, 6.45) is 1.58. The van der Waals surface area contributed by atoms with Gasteiger partial charge in [-0.25, -0.2) is 4.98 Å². The third-order valence-corrected chi connectivity index (χ3v) is 4.87. The van der Waals surface area contributed by atoms with E-state index in [-0.39, 0.29) is 5.56 Å². The number of rotatable bonds is 4. The molecular weight excluding hydrogens is 348 g/mol. The van der Waals surface area contributed by atoms with Gasteiger partial charge in [-0.1, -0.05) is 23.7 Å². The Bertz CT molecular complexity index is 628. The van der Waals surface area contributed by atoms with Gasteiger partial charge in [0.2, 0.25) is 0 Å². The molecule has 6 heteroatoms. The van der Waals surface area contributed by atoms with Gasteiger partial charge in [-0.2, -0.15) is 0 Å². The highest BCUT2D eigenvalue weighted by Gasteiger charge is 2.09. The number of halogens is 2. The lowest BCUT2D eigenvalue weighted by Crippen LogP contribution is -2.20. The SMILES string of the molecule is CCn1cnc(SCc2ccc(Cl)cc2)c(Br)c1=O. The molecule has 0 amide bonds. The van der Waals surface area contributed by atoms with Crippen molar-refractivity contribution in [3.8, 4) is 0 Å². The lowest BCUT2D eigenvalue weighted by Gasteiger charge is -2.06. The monoisotopic (exact) mass is 358 g/mol. The highest BCUT2D eigenvalue weighted by Crippen LogP contribution is 2.26. The average molecular weight is 360 g/mol. The van der Waals surface area contributed by atoms with Crippen molar-refractivity contribution in [3.63, 3.8) is 0 Å². The molecule has 0 bridgehead atoms. The Morgan fingerprint density at radius 1 is 1.37 bits per heavy atom. The van der Waals surface area contributed by atoms with Crippen LogP contribution >= 0.6 is 39.3 Å². The zero-order valence-electron chi connectivity index (χ0n) is 10.3. The second kappa shape index (κ2) is 6.59. The molecule has 2 aromatic rings. The van der Waals surface area contributed by atoms with Crippen LogP contribution < -0.4 is 5.56 Å². The summed E-state index contributed by atoms with van der Waals surface area (Å²) in [4.78, 5) is 16.2. The molecule has 0 saturated heterocycles. The Kier molecular flexibility index (Phi) is 5.07. The first-order valence-corrected chi connectivity index (χ1v) is 7.89. The van der Waals surface area contributed by atoms with E-state index in [0.29, 0.717) is 16.0 Å². The summed E-state index contributed by atoms with van der Waals surface area (Å²) in [7, 11) is 0. The maximum atomic E-state index is 11.9. The van der Waals surface area contributed by atoms with E-state index in [2.05, 4.69) is 20.9 Å². The van der Waals surface area contributed by atoms with Crippen LogP contribution in [-0.2, 0) is 12.3 Å². The van der Waals surface area contributed by atoms with Crippen molar-refractivity contribution < 1.29 is 0 Å². The molecule has 0 saturated carbocycles. The molecule has 1 aromatic carbocycles. The molecule has 0 radical (unpaired) electrons. The van der Waals surface area contributed by atoms with Crippen LogP contribution in [0.2, 0.25) is 5.02 Å². The summed E-state index contributed by atoms with van der Waals surface area (Å²) in [5, 5.41) is 1.43. The second-order valence-corrected chi connectivity index (χ2v) is 6.06. The van der Waals surface area contributed by atoms with Crippen LogP contribution in [-0.4, -0.2) is 9.55 Å². The fourth-order valence-electron chi connectivity index (χ4n) is 1.51. The highest BCUT2D eigenvalue weighted by molar-refractivity contribution is 9.10. The van der Waals surface area contributed by atoms with Gasteiger partial charge in [0.05, 0.1) is 6.33 Å². The lowest BCUT2D eigenvalue weighted by molar-refractivity contribution is 0.687. The Morgan fingerprint density at radius 2 is 2.05 bits per heavy atom. The average Bonchev–Trinajstić information content (AvgIpc) is 2.42. The Hall–Kier alpha value is -0.780. The number of hydrogen-bond donors (Lipinski definition) is 0. The van der Waals surface area contributed by atoms with Crippen molar-refractivity contribution >= 4 is 39.3 Å². The maximum absolute atomic E-state index is 11.9. The molecule has 19 heavy (non-hydrogen) atoms. The van der Waals surface area contributed by atoms with Crippen LogP contribution in [0.3, 0.4) is 0 Å². The van der Waals surface area contributed by atoms with Crippen LogP contribution in [0, 0.1) is 0 Å². The predicted molar refractivity (Wildman–Crippen MR) is 82.9 cm³/mol. The van der Waals surface area contributed by atoms with Gasteiger partial charge in [0, 0.05) is 17.3 Å². The van der Waals surface area contributed by atoms with Gasteiger partial charge >= 0.3 is 0 Å². The van der Waals surface area contributed by atoms with Crippen LogP contribution in [0.4, 0.5) is 0 Å². The molecule has 1 heterocycles. The van der Waals surface area contributed by atoms with Gasteiger partial charge in [0.15, 0.2) is 0 Å². The molecule has 0 unspecified atom stereocenters. The van der Waals surface area contributed by atoms with Crippen molar-refractivity contribution in [2.24, 2.45) is 0 Å². The van der Waals surface area contributed by atoms with Gasteiger partial charge in [-0.15, -0.1) is 11.8 Å². The summed E-state index contributed by atoms with van der Waals surface area (Å²) >= 11 is 10.7. The van der Waals surface area contributed by atoms with Crippen molar-refractivity contribution in [3.05, 3.63) is 56.0 Å². The van der Waals surface area contributed by atoms with E-state index >= 15 is 0 Å². The first-order chi connectivity index (χ1) is 9.11. The molecule has 1 aromatic heterocycles. The van der Waals surface area contributed by atoms with Gasteiger partial charge in [0.1, 0.15) is 9.50 Å². The van der Waals surface area contributed by atoms with Crippen molar-refractivity contribution in [1.82, 2.24) is 9.55 Å². The van der Waals surface area contributed by atoms with Crippen LogP contribution in [0.25, 0.3) is 0 Å². The summed E-state index contributed by atoms with van der Waals surface area (Å²) in [5.74, 6) is 0.748. The fraction of sp³-hybridized carbons (Fsp3) is 0.231. The molecule has 0 fully saturated rings. The molecule has 0 atom stereocenters. The third kappa shape index (κ3) is 3.61. The minimum atomic E-state index is -0.0453. The molecule has 3 nitrogen and oxygen atoms in total. The van der Waals surface area contributed by atoms with E-state index in [1.54, 1.807) is 10.9 Å². The molecule has 0 N–H and O–H groups in total. The minimum absolute atomic E-state index is 0.0453. The summed E-state index contributed by atoms with van der Waals surface area (Å²) in [6.45, 7) is 2.53. The van der Waals surface area contributed by atoms with Gasteiger partial charge in [0.25, 0.3) is 5.56 Å². The van der Waals surface area contributed by atoms with E-state index < -0.39 is 0 Å². The van der Waals surface area contributed by atoms with Gasteiger partial charge in [-0.05, 0) is 40.5 Å². The molecule has 0 aliphatic carbocycles. The van der Waals surface area contributed by atoms with Gasteiger partial charge in [-0.3, -0.25) is 9.36 Å². The van der Waals surface area contributed by atoms with E-state index in [1.807, 2.05) is 31.2 Å². The highest BCUT2D eigenvalue weighted by atomic mass is 79.9. The maximum Gasteiger partial charge on any atom is 0.268 e. The zero-order valence-corrected chi connectivity index (χ0v) is 13.4. The van der Waals surface area contributed by atoms with E-state index in [9.17, 15) is 4.79 Å². The van der Waals surface area contributed by atoms with Crippen molar-refractivity contribution in [1.29, 1.82) is 0 Å². The van der Waals surface area contributed by atoms with E-state index in [4.69, 9.17) is 11.6 Å². The standard InChI is InChI=1S/C13H12BrClN2OS/c1-2-17-8-16-12(11(14)13(17)18)19-7-9-3-5-10(15)6-4-9/h3-6,8H,2,7H2,1H3. The molecule has 2 rings (SSSR count). The molecule has 100 valence electrons. The molecule has 0 aliphatic heterocycles. The van der Waals surface area contributed by atoms with E-state index in [0.717, 1.165) is 16.3 Å². The summed E-state index contributed by atoms with van der Waals surface area (Å²) < 4.78 is 2.09. The van der Waals surface area contributed by atoms with Crippen LogP contribution in [0.15, 0.2) is 44.9 Å². The largest absolute Gasteiger partial charge is 0.299 e. The molecule has 0 spiro atoms. The predicted octanol–water partition coefficient (Wildman–Crippen LogP) is 3.97. The van der Waals surface area contributed by atoms with Crippen LogP contribution in [0.5, 0.6) is 0 Å². The molecule has 0 aliphatic rings. The first kappa shape index (κ1) is 14.6. The normalized spacial score (nSPS) is 10.7. The topological polar surface area (TPSA) is 34.9 Å². The summed E-state index contributed by atoms with van der Waals surface area (Å²) in [6, 6.07) is 7.65. The Balaban J connectivity index is 2.14. The van der Waals surface area contributed by atoms with Crippen LogP contribution in [0.1, 0.15) is 12.5 Å². The Morgan fingerprint density at radius 3 is 2.68 bits per heavy atom. The molecular formula is C13H12BrClN2OS. The number of nitrogens with zero attached hydrogens (tertiary/aromatic N) is 2. The zero-order chi connectivity index (χ0) is 13.8. The van der Waals surface area contributed by atoms with Crippen molar-refractivity contribution in [2.45, 2.75) is 24.2 Å². The van der Waals surface area contributed by atoms with E-state index in [1.165, 1.54) is 11.8 Å². The van der Waals surface area contributed by atoms with Crippen molar-refractivity contribution in [2.75, 3.05) is 0 Å². The fourth-order valence-corrected chi connectivity index (χ4v) is 3.14. The smallest absolute Gasteiger partial charge is 0.268 e. The van der Waals surface area contributed by atoms with Gasteiger partial charge < -0.3 is 0 Å². The quantitative estimate of drug-likeness (QED) is 0.612. The summed E-state index contributed by atoms with van der Waals surface area (Å²) in [5.41, 5.74) is 1.10. The number of aryl methyl sites for hydroxylation is 1. The third-order valence-electron chi connectivity index (χ3n) is 2.58.